The molecule has 2 aromatic carbocycles. The standard InChI is InChI=1S/C28H32O17/c1-41-13-5-10(31)6-14-17(13)20(36)25(24(42-14)9-2-3-11(32)12(33)4-9)45-28(26(40)22(38)19(35)16(8-30)44-28)27-23(39)21(37)18(34)15(7-29)43-27/h2-6,15-16,18-19,21-23,26-27,29-35,37-40H,7-8H2,1H3. The van der Waals surface area contributed by atoms with Crippen LogP contribution in [0.2, 0.25) is 0 Å². The van der Waals surface area contributed by atoms with Crippen LogP contribution < -0.4 is 14.9 Å². The Kier molecular flexibility index (Phi) is 8.86. The highest BCUT2D eigenvalue weighted by atomic mass is 16.8. The minimum Gasteiger partial charge on any atom is -0.508 e. The number of hydrogen-bond donors (Lipinski definition) is 11. The van der Waals surface area contributed by atoms with E-state index in [1.807, 2.05) is 0 Å². The number of hydrogen-bond acceptors (Lipinski definition) is 17. The maximum atomic E-state index is 14.2. The second-order valence-electron chi connectivity index (χ2n) is 10.7. The normalized spacial score (nSPS) is 33.7. The lowest BCUT2D eigenvalue weighted by molar-refractivity contribution is -0.396. The molecule has 0 amide bonds. The second-order valence-corrected chi connectivity index (χ2v) is 10.7. The second kappa shape index (κ2) is 12.2. The third-order valence-corrected chi connectivity index (χ3v) is 7.89. The van der Waals surface area contributed by atoms with Gasteiger partial charge in [-0.2, -0.15) is 0 Å². The average molecular weight is 641 g/mol. The Bertz CT molecular complexity index is 1600. The quantitative estimate of drug-likeness (QED) is 0.115. The number of benzene rings is 2. The molecule has 3 aromatic rings. The molecular weight excluding hydrogens is 608 g/mol. The fraction of sp³-hybridized carbons (Fsp3) is 0.464. The molecule has 2 aliphatic heterocycles. The molecule has 45 heavy (non-hydrogen) atoms. The number of aliphatic hydroxyl groups is 8. The Morgan fingerprint density at radius 3 is 2.11 bits per heavy atom. The van der Waals surface area contributed by atoms with Crippen molar-refractivity contribution in [3.05, 3.63) is 40.6 Å². The van der Waals surface area contributed by atoms with Crippen LogP contribution in [0.4, 0.5) is 0 Å². The third kappa shape index (κ3) is 5.32. The molecule has 0 spiro atoms. The van der Waals surface area contributed by atoms with Crippen molar-refractivity contribution in [3.63, 3.8) is 0 Å². The van der Waals surface area contributed by atoms with Crippen LogP contribution in [0.3, 0.4) is 0 Å². The highest BCUT2D eigenvalue weighted by Gasteiger charge is 2.65. The molecule has 0 bridgehead atoms. The molecule has 0 aliphatic carbocycles. The molecule has 11 N–H and O–H groups in total. The van der Waals surface area contributed by atoms with E-state index in [9.17, 15) is 61.0 Å². The molecular formula is C28H32O17. The summed E-state index contributed by atoms with van der Waals surface area (Å²) < 4.78 is 28.5. The van der Waals surface area contributed by atoms with E-state index in [4.69, 9.17) is 23.4 Å². The van der Waals surface area contributed by atoms with Gasteiger partial charge in [-0.05, 0) is 18.2 Å². The summed E-state index contributed by atoms with van der Waals surface area (Å²) in [5, 5.41) is 114. The smallest absolute Gasteiger partial charge is 0.269 e. The number of phenols is 3. The van der Waals surface area contributed by atoms with E-state index in [-0.39, 0.29) is 28.0 Å². The van der Waals surface area contributed by atoms with Gasteiger partial charge < -0.3 is 79.5 Å². The zero-order valence-corrected chi connectivity index (χ0v) is 23.4. The maximum Gasteiger partial charge on any atom is 0.269 e. The molecule has 10 atom stereocenters. The van der Waals surface area contributed by atoms with E-state index in [0.717, 1.165) is 24.3 Å². The van der Waals surface area contributed by atoms with Gasteiger partial charge in [0.15, 0.2) is 29.5 Å². The van der Waals surface area contributed by atoms with Gasteiger partial charge in [-0.15, -0.1) is 0 Å². The number of ether oxygens (including phenoxy) is 4. The van der Waals surface area contributed by atoms with Crippen molar-refractivity contribution in [2.45, 2.75) is 60.7 Å². The van der Waals surface area contributed by atoms with Crippen LogP contribution in [0.15, 0.2) is 39.5 Å². The summed E-state index contributed by atoms with van der Waals surface area (Å²) in [5.41, 5.74) is -1.51. The minimum absolute atomic E-state index is 0.143. The average Bonchev–Trinajstić information content (AvgIpc) is 3.02. The van der Waals surface area contributed by atoms with Crippen LogP contribution in [0, 0.1) is 0 Å². The molecule has 17 nitrogen and oxygen atoms in total. The van der Waals surface area contributed by atoms with Crippen LogP contribution >= 0.6 is 0 Å². The SMILES string of the molecule is COc1cc(O)cc2oc(-c3ccc(O)c(O)c3)c(OC3(C4OC(CO)C(O)C(O)C4O)OC(CO)C(O)C(O)C3O)c(=O)c12. The number of methoxy groups -OCH3 is 1. The lowest BCUT2D eigenvalue weighted by atomic mass is 9.83. The van der Waals surface area contributed by atoms with Gasteiger partial charge >= 0.3 is 0 Å². The van der Waals surface area contributed by atoms with E-state index >= 15 is 0 Å². The maximum absolute atomic E-state index is 14.2. The summed E-state index contributed by atoms with van der Waals surface area (Å²) in [6, 6.07) is 5.28. The topological polar surface area (TPSA) is 290 Å². The van der Waals surface area contributed by atoms with Crippen LogP contribution in [-0.2, 0) is 9.47 Å². The number of aromatic hydroxyl groups is 3. The van der Waals surface area contributed by atoms with Crippen LogP contribution in [-0.4, -0.2) is 137 Å². The molecule has 2 saturated heterocycles. The van der Waals surface area contributed by atoms with Gasteiger partial charge in [0.2, 0.25) is 11.2 Å². The number of aliphatic hydroxyl groups excluding tert-OH is 8. The van der Waals surface area contributed by atoms with Gasteiger partial charge in [-0.3, -0.25) is 4.79 Å². The summed E-state index contributed by atoms with van der Waals surface area (Å²) in [6.07, 6.45) is -18.4. The monoisotopic (exact) mass is 640 g/mol. The molecule has 1 aromatic heterocycles. The van der Waals surface area contributed by atoms with Gasteiger partial charge in [0, 0.05) is 17.7 Å². The molecule has 5 rings (SSSR count). The third-order valence-electron chi connectivity index (χ3n) is 7.89. The lowest BCUT2D eigenvalue weighted by Gasteiger charge is -2.54. The number of rotatable bonds is 7. The van der Waals surface area contributed by atoms with E-state index in [1.165, 1.54) is 13.2 Å². The Morgan fingerprint density at radius 2 is 1.49 bits per heavy atom. The van der Waals surface area contributed by atoms with E-state index < -0.39 is 102 Å². The summed E-state index contributed by atoms with van der Waals surface area (Å²) >= 11 is 0. The molecule has 2 aliphatic rings. The van der Waals surface area contributed by atoms with Crippen LogP contribution in [0.1, 0.15) is 0 Å². The molecule has 0 radical (unpaired) electrons. The lowest BCUT2D eigenvalue weighted by Crippen LogP contribution is -2.77. The van der Waals surface area contributed by atoms with Crippen molar-refractivity contribution in [3.8, 4) is 40.1 Å². The zero-order chi connectivity index (χ0) is 33.0. The first-order chi connectivity index (χ1) is 21.3. The molecule has 2 fully saturated rings. The van der Waals surface area contributed by atoms with Crippen molar-refractivity contribution in [2.75, 3.05) is 20.3 Å². The fourth-order valence-electron chi connectivity index (χ4n) is 5.50. The Hall–Kier alpha value is -3.75. The van der Waals surface area contributed by atoms with Crippen molar-refractivity contribution >= 4 is 11.0 Å². The molecule has 3 heterocycles. The largest absolute Gasteiger partial charge is 0.508 e. The minimum atomic E-state index is -3.03. The Morgan fingerprint density at radius 1 is 0.822 bits per heavy atom. The highest BCUT2D eigenvalue weighted by Crippen LogP contribution is 2.44. The van der Waals surface area contributed by atoms with Gasteiger partial charge in [-0.1, -0.05) is 0 Å². The number of phenolic OH excluding ortho intramolecular Hbond substituents is 3. The fourth-order valence-corrected chi connectivity index (χ4v) is 5.50. The summed E-state index contributed by atoms with van der Waals surface area (Å²) in [7, 11) is 1.17. The summed E-state index contributed by atoms with van der Waals surface area (Å²) in [5.74, 6) is -6.30. The first-order valence-corrected chi connectivity index (χ1v) is 13.5. The van der Waals surface area contributed by atoms with Gasteiger partial charge in [0.05, 0.1) is 20.3 Å². The van der Waals surface area contributed by atoms with Crippen LogP contribution in [0.25, 0.3) is 22.3 Å². The van der Waals surface area contributed by atoms with Crippen molar-refractivity contribution in [2.24, 2.45) is 0 Å². The van der Waals surface area contributed by atoms with E-state index in [0.29, 0.717) is 0 Å². The van der Waals surface area contributed by atoms with Crippen molar-refractivity contribution in [1.82, 2.24) is 0 Å². The Labute approximate surface area is 252 Å². The molecule has 17 heteroatoms. The van der Waals surface area contributed by atoms with E-state index in [1.54, 1.807) is 0 Å². The predicted molar refractivity (Wildman–Crippen MR) is 147 cm³/mol. The van der Waals surface area contributed by atoms with Crippen LogP contribution in [0.5, 0.6) is 28.7 Å². The predicted octanol–water partition coefficient (Wildman–Crippen LogP) is -3.02. The van der Waals surface area contributed by atoms with Gasteiger partial charge in [0.25, 0.3) is 5.79 Å². The summed E-state index contributed by atoms with van der Waals surface area (Å²) in [4.78, 5) is 14.2. The van der Waals surface area contributed by atoms with E-state index in [2.05, 4.69) is 0 Å². The van der Waals surface area contributed by atoms with Gasteiger partial charge in [-0.25, -0.2) is 0 Å². The molecule has 0 saturated carbocycles. The highest BCUT2D eigenvalue weighted by molar-refractivity contribution is 5.88. The number of fused-ring (bicyclic) bond motifs is 1. The van der Waals surface area contributed by atoms with Gasteiger partial charge in [0.1, 0.15) is 65.2 Å². The molecule has 10 unspecified atom stereocenters. The molecule has 246 valence electrons. The van der Waals surface area contributed by atoms with Crippen molar-refractivity contribution < 1.29 is 79.5 Å². The Balaban J connectivity index is 1.82. The first-order valence-electron chi connectivity index (χ1n) is 13.5. The summed E-state index contributed by atoms with van der Waals surface area (Å²) in [6.45, 7) is -1.97. The zero-order valence-electron chi connectivity index (χ0n) is 23.4. The first kappa shape index (κ1) is 32.6. The van der Waals surface area contributed by atoms with Crippen molar-refractivity contribution in [1.29, 1.82) is 0 Å².